The summed E-state index contributed by atoms with van der Waals surface area (Å²) in [5.41, 5.74) is 0.411. The summed E-state index contributed by atoms with van der Waals surface area (Å²) in [6.45, 7) is 3.05. The van der Waals surface area contributed by atoms with Crippen molar-refractivity contribution in [3.05, 3.63) is 79.7 Å². The second-order valence-electron chi connectivity index (χ2n) is 8.54. The van der Waals surface area contributed by atoms with Gasteiger partial charge in [-0.2, -0.15) is 4.98 Å². The number of nitrogens with zero attached hydrogens (tertiary/aromatic N) is 5. The van der Waals surface area contributed by atoms with Crippen molar-refractivity contribution >= 4 is 34.4 Å². The molecule has 0 radical (unpaired) electrons. The Morgan fingerprint density at radius 3 is 2.68 bits per heavy atom. The summed E-state index contributed by atoms with van der Waals surface area (Å²) < 4.78 is 24.0. The highest BCUT2D eigenvalue weighted by atomic mass is 35.5. The zero-order chi connectivity index (χ0) is 24.1. The van der Waals surface area contributed by atoms with E-state index in [1.807, 2.05) is 33.7 Å². The van der Waals surface area contributed by atoms with Gasteiger partial charge in [-0.15, -0.1) is 0 Å². The van der Waals surface area contributed by atoms with E-state index in [2.05, 4.69) is 6.92 Å². The molecule has 0 saturated heterocycles. The van der Waals surface area contributed by atoms with Gasteiger partial charge < -0.3 is 14.2 Å². The minimum Gasteiger partial charge on any atom is -0.497 e. The maximum Gasteiger partial charge on any atom is 0.332 e. The predicted molar refractivity (Wildman–Crippen MR) is 129 cm³/mol. The monoisotopic (exact) mass is 483 g/mol. The van der Waals surface area contributed by atoms with Crippen LogP contribution >= 0.6 is 11.6 Å². The quantitative estimate of drug-likeness (QED) is 0.444. The highest BCUT2D eigenvalue weighted by molar-refractivity contribution is 6.31. The summed E-state index contributed by atoms with van der Waals surface area (Å²) in [6, 6.07) is 11.9. The van der Waals surface area contributed by atoms with Gasteiger partial charge in [-0.1, -0.05) is 30.7 Å². The fourth-order valence-corrected chi connectivity index (χ4v) is 4.70. The minimum atomic E-state index is -0.590. The van der Waals surface area contributed by atoms with Gasteiger partial charge in [-0.3, -0.25) is 13.9 Å². The van der Waals surface area contributed by atoms with Crippen molar-refractivity contribution in [2.24, 2.45) is 13.0 Å². The maximum atomic E-state index is 14.4. The Bertz CT molecular complexity index is 1520. The predicted octanol–water partition coefficient (Wildman–Crippen LogP) is 3.53. The second kappa shape index (κ2) is 8.32. The fraction of sp³-hybridized carbons (Fsp3) is 0.292. The van der Waals surface area contributed by atoms with Crippen molar-refractivity contribution in [3.8, 4) is 5.75 Å². The molecule has 0 unspecified atom stereocenters. The molecule has 3 heterocycles. The summed E-state index contributed by atoms with van der Waals surface area (Å²) in [7, 11) is 3.16. The third kappa shape index (κ3) is 3.47. The molecule has 0 aliphatic carbocycles. The molecule has 5 rings (SSSR count). The SMILES string of the molecule is COc1cccc(N2C[C@H](C)Cn3c2nc2c3c(=O)n(Cc3c(F)cccc3Cl)c(=O)n2C)c1. The normalized spacial score (nSPS) is 15.6. The molecule has 10 heteroatoms. The minimum absolute atomic E-state index is 0.0903. The zero-order valence-corrected chi connectivity index (χ0v) is 19.7. The van der Waals surface area contributed by atoms with Crippen LogP contribution in [0.5, 0.6) is 5.75 Å². The Labute approximate surface area is 199 Å². The molecule has 0 fully saturated rings. The highest BCUT2D eigenvalue weighted by Crippen LogP contribution is 2.34. The summed E-state index contributed by atoms with van der Waals surface area (Å²) >= 11 is 6.17. The number of halogens is 2. The van der Waals surface area contributed by atoms with E-state index >= 15 is 0 Å². The van der Waals surface area contributed by atoms with Gasteiger partial charge in [0.2, 0.25) is 5.95 Å². The Balaban J connectivity index is 1.73. The number of fused-ring (bicyclic) bond motifs is 3. The molecule has 2 aromatic heterocycles. The molecule has 1 atom stereocenters. The fourth-order valence-electron chi connectivity index (χ4n) is 4.48. The number of aryl methyl sites for hydroxylation is 1. The number of methoxy groups -OCH3 is 1. The van der Waals surface area contributed by atoms with E-state index in [-0.39, 0.29) is 28.7 Å². The van der Waals surface area contributed by atoms with Gasteiger partial charge in [0.1, 0.15) is 11.6 Å². The van der Waals surface area contributed by atoms with E-state index in [1.165, 1.54) is 22.8 Å². The van der Waals surface area contributed by atoms with Crippen LogP contribution in [0.4, 0.5) is 16.0 Å². The molecule has 0 amide bonds. The third-order valence-corrected chi connectivity index (χ3v) is 6.54. The molecule has 2 aromatic carbocycles. The van der Waals surface area contributed by atoms with Crippen LogP contribution in [-0.2, 0) is 20.1 Å². The van der Waals surface area contributed by atoms with E-state index in [4.69, 9.17) is 21.3 Å². The molecular formula is C24H23ClFN5O3. The van der Waals surface area contributed by atoms with Gasteiger partial charge in [0.25, 0.3) is 5.56 Å². The zero-order valence-electron chi connectivity index (χ0n) is 19.0. The first-order valence-electron chi connectivity index (χ1n) is 10.8. The molecule has 0 bridgehead atoms. The smallest absolute Gasteiger partial charge is 0.332 e. The summed E-state index contributed by atoms with van der Waals surface area (Å²) in [5, 5.41) is 0.155. The highest BCUT2D eigenvalue weighted by Gasteiger charge is 2.30. The van der Waals surface area contributed by atoms with Crippen LogP contribution in [0.3, 0.4) is 0 Å². The van der Waals surface area contributed by atoms with Crippen molar-refractivity contribution < 1.29 is 9.13 Å². The lowest BCUT2D eigenvalue weighted by atomic mass is 10.1. The van der Waals surface area contributed by atoms with Gasteiger partial charge in [0.05, 0.1) is 13.7 Å². The van der Waals surface area contributed by atoms with Gasteiger partial charge in [-0.25, -0.2) is 9.18 Å². The summed E-state index contributed by atoms with van der Waals surface area (Å²) in [6.07, 6.45) is 0. The third-order valence-electron chi connectivity index (χ3n) is 6.19. The topological polar surface area (TPSA) is 74.3 Å². The van der Waals surface area contributed by atoms with Crippen molar-refractivity contribution in [1.29, 1.82) is 0 Å². The lowest BCUT2D eigenvalue weighted by molar-refractivity contribution is 0.414. The first kappa shape index (κ1) is 22.2. The van der Waals surface area contributed by atoms with Crippen LogP contribution in [0.15, 0.2) is 52.1 Å². The van der Waals surface area contributed by atoms with Crippen molar-refractivity contribution in [2.45, 2.75) is 20.0 Å². The number of rotatable bonds is 4. The van der Waals surface area contributed by atoms with Crippen LogP contribution in [-0.4, -0.2) is 32.3 Å². The molecule has 8 nitrogen and oxygen atoms in total. The summed E-state index contributed by atoms with van der Waals surface area (Å²) in [4.78, 5) is 33.4. The molecule has 4 aromatic rings. The van der Waals surface area contributed by atoms with Gasteiger partial charge in [-0.05, 0) is 30.2 Å². The Morgan fingerprint density at radius 1 is 1.18 bits per heavy atom. The largest absolute Gasteiger partial charge is 0.497 e. The number of benzene rings is 2. The average Bonchev–Trinajstić information content (AvgIpc) is 3.21. The first-order chi connectivity index (χ1) is 16.3. The lowest BCUT2D eigenvalue weighted by Gasteiger charge is -2.33. The molecule has 0 N–H and O–H groups in total. The van der Waals surface area contributed by atoms with Crippen molar-refractivity contribution in [1.82, 2.24) is 18.7 Å². The van der Waals surface area contributed by atoms with Gasteiger partial charge in [0.15, 0.2) is 11.2 Å². The Hall–Kier alpha value is -3.59. The van der Waals surface area contributed by atoms with Crippen LogP contribution < -0.4 is 20.9 Å². The van der Waals surface area contributed by atoms with E-state index in [9.17, 15) is 14.0 Å². The standard InChI is InChI=1S/C24H23ClFN5O3/c1-14-11-29(15-6-4-7-16(10-15)34-3)23-27-21-20(30(23)12-14)22(32)31(24(33)28(21)2)13-17-18(25)8-5-9-19(17)26/h4-10,14H,11-13H2,1-3H3/t14-/m0/s1. The molecule has 176 valence electrons. The molecule has 34 heavy (non-hydrogen) atoms. The van der Waals surface area contributed by atoms with E-state index in [0.29, 0.717) is 30.3 Å². The van der Waals surface area contributed by atoms with E-state index in [0.717, 1.165) is 10.3 Å². The molecule has 0 saturated carbocycles. The summed E-state index contributed by atoms with van der Waals surface area (Å²) in [5.74, 6) is 0.891. The number of aromatic nitrogens is 4. The number of hydrogen-bond donors (Lipinski definition) is 0. The van der Waals surface area contributed by atoms with Gasteiger partial charge in [0, 0.05) is 42.5 Å². The number of hydrogen-bond acceptors (Lipinski definition) is 5. The second-order valence-corrected chi connectivity index (χ2v) is 8.95. The Morgan fingerprint density at radius 2 is 1.94 bits per heavy atom. The van der Waals surface area contributed by atoms with Crippen LogP contribution in [0.25, 0.3) is 11.2 Å². The Kier molecular flexibility index (Phi) is 5.44. The molecular weight excluding hydrogens is 461 g/mol. The first-order valence-corrected chi connectivity index (χ1v) is 11.2. The van der Waals surface area contributed by atoms with Crippen LogP contribution in [0.1, 0.15) is 12.5 Å². The van der Waals surface area contributed by atoms with Crippen molar-refractivity contribution in [2.75, 3.05) is 18.6 Å². The lowest BCUT2D eigenvalue weighted by Crippen LogP contribution is -2.40. The number of imidazole rings is 1. The van der Waals surface area contributed by atoms with Crippen LogP contribution in [0, 0.1) is 11.7 Å². The number of ether oxygens (including phenoxy) is 1. The number of anilines is 2. The maximum absolute atomic E-state index is 14.4. The van der Waals surface area contributed by atoms with Crippen molar-refractivity contribution in [3.63, 3.8) is 0 Å². The van der Waals surface area contributed by atoms with E-state index < -0.39 is 17.1 Å². The molecule has 1 aliphatic heterocycles. The van der Waals surface area contributed by atoms with E-state index in [1.54, 1.807) is 14.2 Å². The van der Waals surface area contributed by atoms with Gasteiger partial charge >= 0.3 is 5.69 Å². The molecule has 1 aliphatic rings. The van der Waals surface area contributed by atoms with Crippen LogP contribution in [0.2, 0.25) is 5.02 Å². The average molecular weight is 484 g/mol. The molecule has 0 spiro atoms.